The Bertz CT molecular complexity index is 845. The minimum absolute atomic E-state index is 0.00338. The number of hydrogen-bond donors (Lipinski definition) is 1. The second kappa shape index (κ2) is 7.84. The first-order chi connectivity index (χ1) is 12.2. The van der Waals surface area contributed by atoms with Gasteiger partial charge in [0, 0.05) is 0 Å². The Morgan fingerprint density at radius 1 is 0.960 bits per heavy atom. The molecule has 25 heavy (non-hydrogen) atoms. The molecule has 0 saturated carbocycles. The predicted molar refractivity (Wildman–Crippen MR) is 102 cm³/mol. The Kier molecular flexibility index (Phi) is 5.34. The second-order valence-electron chi connectivity index (χ2n) is 6.15. The van der Waals surface area contributed by atoms with E-state index in [-0.39, 0.29) is 11.9 Å². The predicted octanol–water partition coefficient (Wildman–Crippen LogP) is 4.87. The van der Waals surface area contributed by atoms with Crippen molar-refractivity contribution in [2.75, 3.05) is 0 Å². The number of ether oxygens (including phenoxy) is 1. The van der Waals surface area contributed by atoms with Gasteiger partial charge in [0.2, 0.25) is 0 Å². The first-order valence-electron chi connectivity index (χ1n) is 8.68. The minimum Gasteiger partial charge on any atom is -0.481 e. The van der Waals surface area contributed by atoms with E-state index >= 15 is 0 Å². The number of nitrogens with one attached hydrogen (secondary N) is 1. The lowest BCUT2D eigenvalue weighted by molar-refractivity contribution is -0.128. The molecule has 0 aliphatic rings. The first-order valence-corrected chi connectivity index (χ1v) is 8.68. The van der Waals surface area contributed by atoms with E-state index in [9.17, 15) is 4.79 Å². The number of carbonyl (C=O) groups excluding carboxylic acids is 1. The Balaban J connectivity index is 1.67. The highest BCUT2D eigenvalue weighted by atomic mass is 16.5. The minimum atomic E-state index is -0.557. The van der Waals surface area contributed by atoms with Crippen LogP contribution in [0.4, 0.5) is 0 Å². The van der Waals surface area contributed by atoms with Crippen molar-refractivity contribution in [3.63, 3.8) is 0 Å². The normalized spacial score (nSPS) is 13.2. The molecule has 3 aromatic carbocycles. The van der Waals surface area contributed by atoms with Crippen LogP contribution >= 0.6 is 0 Å². The summed E-state index contributed by atoms with van der Waals surface area (Å²) in [6.07, 6.45) is 0.275. The molecule has 0 aliphatic carbocycles. The van der Waals surface area contributed by atoms with Gasteiger partial charge in [-0.1, -0.05) is 67.6 Å². The quantitative estimate of drug-likeness (QED) is 0.698. The zero-order valence-corrected chi connectivity index (χ0v) is 14.6. The summed E-state index contributed by atoms with van der Waals surface area (Å²) in [6, 6.07) is 24.0. The fraction of sp³-hybridized carbons (Fsp3) is 0.227. The molecule has 128 valence electrons. The maximum atomic E-state index is 12.5. The van der Waals surface area contributed by atoms with Gasteiger partial charge < -0.3 is 10.1 Å². The molecule has 0 fully saturated rings. The molecule has 3 heteroatoms. The van der Waals surface area contributed by atoms with Gasteiger partial charge in [0.15, 0.2) is 6.10 Å². The summed E-state index contributed by atoms with van der Waals surface area (Å²) >= 11 is 0. The van der Waals surface area contributed by atoms with Crippen LogP contribution in [0.15, 0.2) is 72.8 Å². The fourth-order valence-electron chi connectivity index (χ4n) is 2.89. The highest BCUT2D eigenvalue weighted by Gasteiger charge is 2.19. The highest BCUT2D eigenvalue weighted by molar-refractivity contribution is 5.84. The van der Waals surface area contributed by atoms with Crippen LogP contribution in [0.2, 0.25) is 0 Å². The smallest absolute Gasteiger partial charge is 0.261 e. The maximum Gasteiger partial charge on any atom is 0.261 e. The third kappa shape index (κ3) is 4.18. The summed E-state index contributed by atoms with van der Waals surface area (Å²) in [7, 11) is 0. The van der Waals surface area contributed by atoms with E-state index in [0.29, 0.717) is 5.75 Å². The van der Waals surface area contributed by atoms with Crippen molar-refractivity contribution in [3.05, 3.63) is 78.4 Å². The molecule has 3 rings (SSSR count). The van der Waals surface area contributed by atoms with Crippen LogP contribution in [0.1, 0.15) is 31.9 Å². The van der Waals surface area contributed by atoms with E-state index in [1.807, 2.05) is 66.7 Å². The Morgan fingerprint density at radius 2 is 1.64 bits per heavy atom. The number of fused-ring (bicyclic) bond motifs is 1. The molecule has 0 aromatic heterocycles. The standard InChI is InChI=1S/C22H23NO2/c1-3-21(18-10-5-4-6-11-18)23-22(24)16(2)25-20-14-13-17-9-7-8-12-19(17)15-20/h4-16,21H,3H2,1-2H3,(H,23,24)/t16-,21-/m0/s1. The summed E-state index contributed by atoms with van der Waals surface area (Å²) in [5.41, 5.74) is 1.11. The van der Waals surface area contributed by atoms with Gasteiger partial charge in [-0.15, -0.1) is 0 Å². The number of amides is 1. The highest BCUT2D eigenvalue weighted by Crippen LogP contribution is 2.22. The van der Waals surface area contributed by atoms with Crippen molar-refractivity contribution in [1.29, 1.82) is 0 Å². The average molecular weight is 333 g/mol. The van der Waals surface area contributed by atoms with Crippen LogP contribution < -0.4 is 10.1 Å². The lowest BCUT2D eigenvalue weighted by Gasteiger charge is -2.21. The molecule has 2 atom stereocenters. The molecular weight excluding hydrogens is 310 g/mol. The van der Waals surface area contributed by atoms with E-state index in [0.717, 1.165) is 22.8 Å². The van der Waals surface area contributed by atoms with Gasteiger partial charge in [0.25, 0.3) is 5.91 Å². The van der Waals surface area contributed by atoms with E-state index < -0.39 is 6.10 Å². The number of rotatable bonds is 6. The fourth-order valence-corrected chi connectivity index (χ4v) is 2.89. The SMILES string of the molecule is CC[C@H](NC(=O)[C@H](C)Oc1ccc2ccccc2c1)c1ccccc1. The van der Waals surface area contributed by atoms with Gasteiger partial charge in [-0.25, -0.2) is 0 Å². The Hall–Kier alpha value is -2.81. The summed E-state index contributed by atoms with van der Waals surface area (Å²) < 4.78 is 5.85. The number of benzene rings is 3. The van der Waals surface area contributed by atoms with E-state index in [4.69, 9.17) is 4.74 Å². The third-order valence-electron chi connectivity index (χ3n) is 4.33. The van der Waals surface area contributed by atoms with Crippen LogP contribution in [0.25, 0.3) is 10.8 Å². The zero-order valence-electron chi connectivity index (χ0n) is 14.6. The van der Waals surface area contributed by atoms with Crippen LogP contribution in [0, 0.1) is 0 Å². The Labute approximate surface area is 148 Å². The van der Waals surface area contributed by atoms with Crippen molar-refractivity contribution in [2.24, 2.45) is 0 Å². The molecule has 1 amide bonds. The van der Waals surface area contributed by atoms with Crippen molar-refractivity contribution >= 4 is 16.7 Å². The molecule has 0 radical (unpaired) electrons. The van der Waals surface area contributed by atoms with Gasteiger partial charge in [0.05, 0.1) is 6.04 Å². The van der Waals surface area contributed by atoms with Crippen molar-refractivity contribution in [3.8, 4) is 5.75 Å². The molecule has 0 saturated heterocycles. The Morgan fingerprint density at radius 3 is 2.36 bits per heavy atom. The van der Waals surface area contributed by atoms with Crippen molar-refractivity contribution < 1.29 is 9.53 Å². The molecule has 0 bridgehead atoms. The largest absolute Gasteiger partial charge is 0.481 e. The molecule has 3 nitrogen and oxygen atoms in total. The van der Waals surface area contributed by atoms with E-state index in [1.54, 1.807) is 6.92 Å². The summed E-state index contributed by atoms with van der Waals surface area (Å²) in [4.78, 5) is 12.5. The summed E-state index contributed by atoms with van der Waals surface area (Å²) in [6.45, 7) is 3.84. The van der Waals surface area contributed by atoms with Crippen LogP contribution in [-0.4, -0.2) is 12.0 Å². The van der Waals surface area contributed by atoms with Gasteiger partial charge in [-0.2, -0.15) is 0 Å². The average Bonchev–Trinajstić information content (AvgIpc) is 2.66. The summed E-state index contributed by atoms with van der Waals surface area (Å²) in [5.74, 6) is 0.595. The molecule has 0 unspecified atom stereocenters. The van der Waals surface area contributed by atoms with Gasteiger partial charge in [-0.05, 0) is 41.8 Å². The number of carbonyl (C=O) groups is 1. The molecule has 3 aromatic rings. The first kappa shape index (κ1) is 17.0. The van der Waals surface area contributed by atoms with Crippen molar-refractivity contribution in [2.45, 2.75) is 32.4 Å². The second-order valence-corrected chi connectivity index (χ2v) is 6.15. The van der Waals surface area contributed by atoms with Crippen LogP contribution in [0.3, 0.4) is 0 Å². The number of hydrogen-bond acceptors (Lipinski definition) is 2. The van der Waals surface area contributed by atoms with Gasteiger partial charge >= 0.3 is 0 Å². The van der Waals surface area contributed by atoms with Crippen LogP contribution in [-0.2, 0) is 4.79 Å². The van der Waals surface area contributed by atoms with Gasteiger partial charge in [0.1, 0.15) is 5.75 Å². The molecular formula is C22H23NO2. The lowest BCUT2D eigenvalue weighted by atomic mass is 10.0. The lowest BCUT2D eigenvalue weighted by Crippen LogP contribution is -2.38. The summed E-state index contributed by atoms with van der Waals surface area (Å²) in [5, 5.41) is 5.33. The monoisotopic (exact) mass is 333 g/mol. The van der Waals surface area contributed by atoms with E-state index in [2.05, 4.69) is 18.3 Å². The molecule has 1 N–H and O–H groups in total. The molecule has 0 heterocycles. The zero-order chi connectivity index (χ0) is 17.6. The van der Waals surface area contributed by atoms with Gasteiger partial charge in [-0.3, -0.25) is 4.79 Å². The molecule has 0 aliphatic heterocycles. The topological polar surface area (TPSA) is 38.3 Å². The third-order valence-corrected chi connectivity index (χ3v) is 4.33. The van der Waals surface area contributed by atoms with Crippen LogP contribution in [0.5, 0.6) is 5.75 Å². The van der Waals surface area contributed by atoms with Crippen molar-refractivity contribution in [1.82, 2.24) is 5.32 Å². The molecule has 0 spiro atoms. The van der Waals surface area contributed by atoms with E-state index in [1.165, 1.54) is 0 Å². The maximum absolute atomic E-state index is 12.5.